The summed E-state index contributed by atoms with van der Waals surface area (Å²) in [6.07, 6.45) is 0. The lowest BCUT2D eigenvalue weighted by atomic mass is 10.2. The Bertz CT molecular complexity index is 575. The minimum atomic E-state index is -0.209. The SMILES string of the molecule is O=C(NCCOc1ccccc1)N(CCO)Cc1ccccc1. The Morgan fingerprint density at radius 3 is 2.35 bits per heavy atom. The van der Waals surface area contributed by atoms with E-state index in [1.165, 1.54) is 0 Å². The summed E-state index contributed by atoms with van der Waals surface area (Å²) in [7, 11) is 0. The van der Waals surface area contributed by atoms with Gasteiger partial charge in [-0.05, 0) is 17.7 Å². The Morgan fingerprint density at radius 1 is 1.04 bits per heavy atom. The molecule has 0 fully saturated rings. The van der Waals surface area contributed by atoms with E-state index in [-0.39, 0.29) is 12.6 Å². The molecule has 2 amide bonds. The van der Waals surface area contributed by atoms with Crippen LogP contribution in [0.25, 0.3) is 0 Å². The third-order valence-corrected chi connectivity index (χ3v) is 3.26. The first-order chi connectivity index (χ1) is 11.3. The topological polar surface area (TPSA) is 61.8 Å². The quantitative estimate of drug-likeness (QED) is 0.735. The molecule has 2 aromatic rings. The molecule has 2 N–H and O–H groups in total. The summed E-state index contributed by atoms with van der Waals surface area (Å²) in [6, 6.07) is 19.0. The first-order valence-electron chi connectivity index (χ1n) is 7.65. The second kappa shape index (κ2) is 9.48. The van der Waals surface area contributed by atoms with E-state index in [4.69, 9.17) is 9.84 Å². The van der Waals surface area contributed by atoms with E-state index in [2.05, 4.69) is 5.32 Å². The molecule has 0 saturated carbocycles. The molecule has 5 heteroatoms. The Hall–Kier alpha value is -2.53. The summed E-state index contributed by atoms with van der Waals surface area (Å²) in [6.45, 7) is 1.49. The van der Waals surface area contributed by atoms with Crippen molar-refractivity contribution in [2.75, 3.05) is 26.3 Å². The zero-order valence-corrected chi connectivity index (χ0v) is 13.0. The number of benzene rings is 2. The fourth-order valence-corrected chi connectivity index (χ4v) is 2.13. The van der Waals surface area contributed by atoms with Crippen LogP contribution in [0.3, 0.4) is 0 Å². The van der Waals surface area contributed by atoms with Crippen LogP contribution in [0.15, 0.2) is 60.7 Å². The molecule has 122 valence electrons. The maximum atomic E-state index is 12.2. The number of carbonyl (C=O) groups is 1. The van der Waals surface area contributed by atoms with Crippen molar-refractivity contribution in [3.05, 3.63) is 66.2 Å². The van der Waals surface area contributed by atoms with Gasteiger partial charge < -0.3 is 20.1 Å². The second-order valence-electron chi connectivity index (χ2n) is 5.02. The van der Waals surface area contributed by atoms with Crippen LogP contribution in [0, 0.1) is 0 Å². The van der Waals surface area contributed by atoms with Gasteiger partial charge in [0.25, 0.3) is 0 Å². The van der Waals surface area contributed by atoms with Crippen LogP contribution < -0.4 is 10.1 Å². The van der Waals surface area contributed by atoms with Gasteiger partial charge in [0.2, 0.25) is 0 Å². The summed E-state index contributed by atoms with van der Waals surface area (Å²) in [5, 5.41) is 11.9. The molecule has 0 atom stereocenters. The first kappa shape index (κ1) is 16.8. The predicted octanol–water partition coefficient (Wildman–Crippen LogP) is 2.27. The number of para-hydroxylation sites is 1. The number of hydrogen-bond donors (Lipinski definition) is 2. The van der Waals surface area contributed by atoms with Gasteiger partial charge in [-0.25, -0.2) is 4.79 Å². The van der Waals surface area contributed by atoms with Gasteiger partial charge in [-0.1, -0.05) is 48.5 Å². The van der Waals surface area contributed by atoms with E-state index in [1.807, 2.05) is 60.7 Å². The van der Waals surface area contributed by atoms with Gasteiger partial charge in [0, 0.05) is 13.1 Å². The van der Waals surface area contributed by atoms with Crippen molar-refractivity contribution in [3.8, 4) is 5.75 Å². The van der Waals surface area contributed by atoms with Gasteiger partial charge in [0.1, 0.15) is 12.4 Å². The van der Waals surface area contributed by atoms with Crippen LogP contribution in [-0.2, 0) is 6.54 Å². The second-order valence-corrected chi connectivity index (χ2v) is 5.02. The summed E-state index contributed by atoms with van der Waals surface area (Å²) in [4.78, 5) is 13.8. The van der Waals surface area contributed by atoms with E-state index < -0.39 is 0 Å². The first-order valence-corrected chi connectivity index (χ1v) is 7.65. The van der Waals surface area contributed by atoms with Gasteiger partial charge in [-0.3, -0.25) is 0 Å². The highest BCUT2D eigenvalue weighted by Crippen LogP contribution is 2.07. The minimum absolute atomic E-state index is 0.0687. The Balaban J connectivity index is 1.76. The Kier molecular flexibility index (Phi) is 6.94. The zero-order chi connectivity index (χ0) is 16.3. The lowest BCUT2D eigenvalue weighted by Crippen LogP contribution is -2.42. The molecule has 2 rings (SSSR count). The van der Waals surface area contributed by atoms with Crippen LogP contribution in [-0.4, -0.2) is 42.3 Å². The van der Waals surface area contributed by atoms with Crippen molar-refractivity contribution in [1.82, 2.24) is 10.2 Å². The normalized spacial score (nSPS) is 10.1. The highest BCUT2D eigenvalue weighted by atomic mass is 16.5. The van der Waals surface area contributed by atoms with Crippen LogP contribution in [0.5, 0.6) is 5.75 Å². The number of urea groups is 1. The molecular weight excluding hydrogens is 292 g/mol. The van der Waals surface area contributed by atoms with Gasteiger partial charge in [-0.15, -0.1) is 0 Å². The van der Waals surface area contributed by atoms with Gasteiger partial charge >= 0.3 is 6.03 Å². The van der Waals surface area contributed by atoms with Crippen molar-refractivity contribution >= 4 is 6.03 Å². The number of nitrogens with one attached hydrogen (secondary N) is 1. The Labute approximate surface area is 136 Å². The van der Waals surface area contributed by atoms with Crippen molar-refractivity contribution in [1.29, 1.82) is 0 Å². The number of aliphatic hydroxyl groups is 1. The molecule has 0 spiro atoms. The number of nitrogens with zero attached hydrogens (tertiary/aromatic N) is 1. The third kappa shape index (κ3) is 6.00. The molecular formula is C18H22N2O3. The number of carbonyl (C=O) groups excluding carboxylic acids is 1. The highest BCUT2D eigenvalue weighted by molar-refractivity contribution is 5.74. The molecule has 2 aromatic carbocycles. The predicted molar refractivity (Wildman–Crippen MR) is 89.3 cm³/mol. The summed E-state index contributed by atoms with van der Waals surface area (Å²) < 4.78 is 5.53. The standard InChI is InChI=1S/C18H22N2O3/c21-13-12-20(15-16-7-3-1-4-8-16)18(22)19-11-14-23-17-9-5-2-6-10-17/h1-10,21H,11-15H2,(H,19,22). The molecule has 0 bridgehead atoms. The summed E-state index contributed by atoms with van der Waals surface area (Å²) in [5.74, 6) is 0.776. The third-order valence-electron chi connectivity index (χ3n) is 3.26. The summed E-state index contributed by atoms with van der Waals surface area (Å²) >= 11 is 0. The van der Waals surface area contributed by atoms with E-state index in [9.17, 15) is 4.79 Å². The van der Waals surface area contributed by atoms with Crippen LogP contribution in [0.4, 0.5) is 4.79 Å². The van der Waals surface area contributed by atoms with Gasteiger partial charge in [0.15, 0.2) is 0 Å². The van der Waals surface area contributed by atoms with Crippen LogP contribution >= 0.6 is 0 Å². The van der Waals surface area contributed by atoms with E-state index in [0.717, 1.165) is 11.3 Å². The van der Waals surface area contributed by atoms with E-state index in [0.29, 0.717) is 26.2 Å². The number of hydrogen-bond acceptors (Lipinski definition) is 3. The zero-order valence-electron chi connectivity index (χ0n) is 13.0. The monoisotopic (exact) mass is 314 g/mol. The van der Waals surface area contributed by atoms with Gasteiger partial charge in [-0.2, -0.15) is 0 Å². The van der Waals surface area contributed by atoms with Crippen LogP contribution in [0.1, 0.15) is 5.56 Å². The number of rotatable bonds is 8. The molecule has 0 aliphatic carbocycles. The summed E-state index contributed by atoms with van der Waals surface area (Å²) in [5.41, 5.74) is 1.02. The highest BCUT2D eigenvalue weighted by Gasteiger charge is 2.12. The Morgan fingerprint density at radius 2 is 1.70 bits per heavy atom. The molecule has 0 aliphatic rings. The van der Waals surface area contributed by atoms with Crippen molar-refractivity contribution in [3.63, 3.8) is 0 Å². The number of ether oxygens (including phenoxy) is 1. The van der Waals surface area contributed by atoms with E-state index >= 15 is 0 Å². The fourth-order valence-electron chi connectivity index (χ4n) is 2.13. The minimum Gasteiger partial charge on any atom is -0.492 e. The maximum Gasteiger partial charge on any atom is 0.317 e. The molecule has 5 nitrogen and oxygen atoms in total. The average Bonchev–Trinajstić information content (AvgIpc) is 2.60. The average molecular weight is 314 g/mol. The molecule has 0 unspecified atom stereocenters. The number of amides is 2. The molecule has 0 aliphatic heterocycles. The maximum absolute atomic E-state index is 12.2. The van der Waals surface area contributed by atoms with Crippen molar-refractivity contribution in [2.45, 2.75) is 6.54 Å². The molecule has 0 radical (unpaired) electrons. The molecule has 0 aromatic heterocycles. The lowest BCUT2D eigenvalue weighted by molar-refractivity contribution is 0.172. The van der Waals surface area contributed by atoms with Crippen LogP contribution in [0.2, 0.25) is 0 Å². The van der Waals surface area contributed by atoms with Crippen molar-refractivity contribution < 1.29 is 14.6 Å². The fraction of sp³-hybridized carbons (Fsp3) is 0.278. The molecule has 0 heterocycles. The number of aliphatic hydroxyl groups excluding tert-OH is 1. The largest absolute Gasteiger partial charge is 0.492 e. The smallest absolute Gasteiger partial charge is 0.317 e. The molecule has 0 saturated heterocycles. The van der Waals surface area contributed by atoms with E-state index in [1.54, 1.807) is 4.90 Å². The molecule has 23 heavy (non-hydrogen) atoms. The lowest BCUT2D eigenvalue weighted by Gasteiger charge is -2.22. The van der Waals surface area contributed by atoms with Crippen molar-refractivity contribution in [2.24, 2.45) is 0 Å². The van der Waals surface area contributed by atoms with Gasteiger partial charge in [0.05, 0.1) is 13.2 Å².